The van der Waals surface area contributed by atoms with Crippen LogP contribution in [0.5, 0.6) is 0 Å². The molecule has 1 saturated carbocycles. The van der Waals surface area contributed by atoms with Gasteiger partial charge in [-0.2, -0.15) is 0 Å². The van der Waals surface area contributed by atoms with Gasteiger partial charge in [0, 0.05) is 11.6 Å². The number of benzene rings is 1. The Morgan fingerprint density at radius 3 is 2.59 bits per heavy atom. The predicted molar refractivity (Wildman–Crippen MR) is 61.4 cm³/mol. The minimum atomic E-state index is -0.527. The maximum absolute atomic E-state index is 13.7. The Hall–Kier alpha value is -1.75. The average molecular weight is 235 g/mol. The standard InChI is InChI=1S/C12H11F2N3/c13-7-3-4-8(14)12-11(7)10(17-15)5-9(16-12)6-1-2-6/h3-6H,1-2,15H2,(H,16,17). The molecular weight excluding hydrogens is 224 g/mol. The summed E-state index contributed by atoms with van der Waals surface area (Å²) in [4.78, 5) is 4.20. The molecule has 3 rings (SSSR count). The lowest BCUT2D eigenvalue weighted by atomic mass is 10.1. The van der Waals surface area contributed by atoms with Crippen LogP contribution in [0.2, 0.25) is 0 Å². The minimum Gasteiger partial charge on any atom is -0.323 e. The van der Waals surface area contributed by atoms with E-state index < -0.39 is 11.6 Å². The number of nitrogens with zero attached hydrogens (tertiary/aromatic N) is 1. The molecule has 1 aliphatic rings. The van der Waals surface area contributed by atoms with Crippen molar-refractivity contribution >= 4 is 16.6 Å². The average Bonchev–Trinajstić information content (AvgIpc) is 3.16. The summed E-state index contributed by atoms with van der Waals surface area (Å²) < 4.78 is 27.3. The monoisotopic (exact) mass is 235 g/mol. The smallest absolute Gasteiger partial charge is 0.149 e. The normalized spacial score (nSPS) is 15.2. The van der Waals surface area contributed by atoms with E-state index in [4.69, 9.17) is 5.84 Å². The van der Waals surface area contributed by atoms with Crippen LogP contribution in [0.1, 0.15) is 24.5 Å². The summed E-state index contributed by atoms with van der Waals surface area (Å²) in [6.45, 7) is 0. The van der Waals surface area contributed by atoms with Crippen molar-refractivity contribution in [3.63, 3.8) is 0 Å². The molecule has 17 heavy (non-hydrogen) atoms. The Kier molecular flexibility index (Phi) is 2.22. The third-order valence-electron chi connectivity index (χ3n) is 3.03. The summed E-state index contributed by atoms with van der Waals surface area (Å²) in [5, 5.41) is 0.108. The molecule has 0 radical (unpaired) electrons. The molecular formula is C12H11F2N3. The number of anilines is 1. The van der Waals surface area contributed by atoms with E-state index in [1.165, 1.54) is 0 Å². The van der Waals surface area contributed by atoms with Gasteiger partial charge >= 0.3 is 0 Å². The lowest BCUT2D eigenvalue weighted by molar-refractivity contribution is 0.615. The van der Waals surface area contributed by atoms with E-state index in [-0.39, 0.29) is 10.9 Å². The van der Waals surface area contributed by atoms with Crippen molar-refractivity contribution in [1.29, 1.82) is 0 Å². The first kappa shape index (κ1) is 10.4. The molecule has 0 bridgehead atoms. The highest BCUT2D eigenvalue weighted by molar-refractivity contribution is 5.92. The molecule has 1 aromatic carbocycles. The maximum Gasteiger partial charge on any atom is 0.149 e. The van der Waals surface area contributed by atoms with Crippen LogP contribution in [-0.2, 0) is 0 Å². The zero-order chi connectivity index (χ0) is 12.0. The van der Waals surface area contributed by atoms with Crippen LogP contribution in [0.4, 0.5) is 14.5 Å². The van der Waals surface area contributed by atoms with E-state index in [0.717, 1.165) is 30.7 Å². The predicted octanol–water partition coefficient (Wildman–Crippen LogP) is 2.68. The van der Waals surface area contributed by atoms with Gasteiger partial charge in [0.15, 0.2) is 0 Å². The summed E-state index contributed by atoms with van der Waals surface area (Å²) in [6, 6.07) is 3.86. The largest absolute Gasteiger partial charge is 0.323 e. The van der Waals surface area contributed by atoms with Crippen LogP contribution >= 0.6 is 0 Å². The Morgan fingerprint density at radius 1 is 1.24 bits per heavy atom. The van der Waals surface area contributed by atoms with Crippen molar-refractivity contribution in [3.8, 4) is 0 Å². The number of nitrogens with one attached hydrogen (secondary N) is 1. The fourth-order valence-electron chi connectivity index (χ4n) is 1.99. The quantitative estimate of drug-likeness (QED) is 0.621. The third-order valence-corrected chi connectivity index (χ3v) is 3.03. The Morgan fingerprint density at radius 2 is 1.94 bits per heavy atom. The van der Waals surface area contributed by atoms with Gasteiger partial charge in [-0.1, -0.05) is 0 Å². The maximum atomic E-state index is 13.7. The van der Waals surface area contributed by atoms with Crippen LogP contribution in [0.3, 0.4) is 0 Å². The van der Waals surface area contributed by atoms with Crippen LogP contribution in [-0.4, -0.2) is 4.98 Å². The highest BCUT2D eigenvalue weighted by Gasteiger charge is 2.27. The SMILES string of the molecule is NNc1cc(C2CC2)nc2c(F)ccc(F)c12. The Bertz CT molecular complexity index is 594. The van der Waals surface area contributed by atoms with Gasteiger partial charge < -0.3 is 5.43 Å². The van der Waals surface area contributed by atoms with Gasteiger partial charge in [-0.05, 0) is 31.0 Å². The van der Waals surface area contributed by atoms with Crippen molar-refractivity contribution in [2.75, 3.05) is 5.43 Å². The van der Waals surface area contributed by atoms with Gasteiger partial charge in [0.1, 0.15) is 17.2 Å². The fraction of sp³-hybridized carbons (Fsp3) is 0.250. The zero-order valence-corrected chi connectivity index (χ0v) is 9.00. The third kappa shape index (κ3) is 1.63. The van der Waals surface area contributed by atoms with Crippen LogP contribution in [0.25, 0.3) is 10.9 Å². The minimum absolute atomic E-state index is 0.0438. The molecule has 5 heteroatoms. The molecule has 2 aromatic rings. The van der Waals surface area contributed by atoms with Crippen molar-refractivity contribution < 1.29 is 8.78 Å². The molecule has 1 aliphatic carbocycles. The van der Waals surface area contributed by atoms with E-state index >= 15 is 0 Å². The molecule has 0 amide bonds. The second kappa shape index (κ2) is 3.63. The van der Waals surface area contributed by atoms with E-state index in [1.807, 2.05) is 0 Å². The lowest BCUT2D eigenvalue weighted by Crippen LogP contribution is -2.09. The number of hydrazine groups is 1. The lowest BCUT2D eigenvalue weighted by Gasteiger charge is -2.09. The second-order valence-electron chi connectivity index (χ2n) is 4.27. The number of hydrogen-bond donors (Lipinski definition) is 2. The van der Waals surface area contributed by atoms with Gasteiger partial charge in [0.25, 0.3) is 0 Å². The first-order valence-electron chi connectivity index (χ1n) is 5.46. The highest BCUT2D eigenvalue weighted by Crippen LogP contribution is 2.41. The Balaban J connectivity index is 2.35. The van der Waals surface area contributed by atoms with Gasteiger partial charge in [-0.25, -0.2) is 13.8 Å². The van der Waals surface area contributed by atoms with Crippen molar-refractivity contribution in [2.45, 2.75) is 18.8 Å². The molecule has 3 N–H and O–H groups in total. The van der Waals surface area contributed by atoms with Crippen LogP contribution in [0.15, 0.2) is 18.2 Å². The fourth-order valence-corrected chi connectivity index (χ4v) is 1.99. The van der Waals surface area contributed by atoms with Crippen molar-refractivity contribution in [2.24, 2.45) is 5.84 Å². The second-order valence-corrected chi connectivity index (χ2v) is 4.27. The van der Waals surface area contributed by atoms with Gasteiger partial charge in [0.05, 0.1) is 11.1 Å². The Labute approximate surface area is 96.6 Å². The first-order chi connectivity index (χ1) is 8.20. The van der Waals surface area contributed by atoms with Gasteiger partial charge in [0.2, 0.25) is 0 Å². The topological polar surface area (TPSA) is 50.9 Å². The van der Waals surface area contributed by atoms with Crippen molar-refractivity contribution in [3.05, 3.63) is 35.5 Å². The summed E-state index contributed by atoms with van der Waals surface area (Å²) >= 11 is 0. The van der Waals surface area contributed by atoms with Gasteiger partial charge in [-0.3, -0.25) is 5.84 Å². The van der Waals surface area contributed by atoms with E-state index in [0.29, 0.717) is 11.6 Å². The number of rotatable bonds is 2. The van der Waals surface area contributed by atoms with Crippen molar-refractivity contribution in [1.82, 2.24) is 4.98 Å². The molecule has 1 fully saturated rings. The molecule has 0 atom stereocenters. The van der Waals surface area contributed by atoms with Crippen LogP contribution in [0, 0.1) is 11.6 Å². The van der Waals surface area contributed by atoms with E-state index in [9.17, 15) is 8.78 Å². The van der Waals surface area contributed by atoms with E-state index in [1.54, 1.807) is 6.07 Å². The molecule has 1 heterocycles. The van der Waals surface area contributed by atoms with Gasteiger partial charge in [-0.15, -0.1) is 0 Å². The molecule has 0 unspecified atom stereocenters. The summed E-state index contributed by atoms with van der Waals surface area (Å²) in [7, 11) is 0. The zero-order valence-electron chi connectivity index (χ0n) is 9.00. The summed E-state index contributed by atoms with van der Waals surface area (Å²) in [5.74, 6) is 4.66. The number of aromatic nitrogens is 1. The molecule has 1 aromatic heterocycles. The summed E-state index contributed by atoms with van der Waals surface area (Å²) in [6.07, 6.45) is 2.08. The molecule has 0 saturated heterocycles. The first-order valence-corrected chi connectivity index (χ1v) is 5.46. The van der Waals surface area contributed by atoms with Crippen LogP contribution < -0.4 is 11.3 Å². The highest BCUT2D eigenvalue weighted by atomic mass is 19.1. The number of nitrogen functional groups attached to an aromatic ring is 1. The number of halogens is 2. The number of pyridine rings is 1. The van der Waals surface area contributed by atoms with E-state index in [2.05, 4.69) is 10.4 Å². The molecule has 3 nitrogen and oxygen atoms in total. The molecule has 88 valence electrons. The number of fused-ring (bicyclic) bond motifs is 1. The molecule has 0 spiro atoms. The summed E-state index contributed by atoms with van der Waals surface area (Å²) in [5.41, 5.74) is 3.61. The number of nitrogens with two attached hydrogens (primary N) is 1. The number of hydrogen-bond acceptors (Lipinski definition) is 3. The molecule has 0 aliphatic heterocycles.